The minimum atomic E-state index is -0.388. The first-order chi connectivity index (χ1) is 13.6. The summed E-state index contributed by atoms with van der Waals surface area (Å²) in [5.74, 6) is 0.758. The largest absolute Gasteiger partial charge is 0.496 e. The van der Waals surface area contributed by atoms with Crippen molar-refractivity contribution in [2.24, 2.45) is 0 Å². The Bertz CT molecular complexity index is 1150. The Labute approximate surface area is 162 Å². The highest BCUT2D eigenvalue weighted by molar-refractivity contribution is 5.74. The summed E-state index contributed by atoms with van der Waals surface area (Å²) >= 11 is 0. The van der Waals surface area contributed by atoms with E-state index >= 15 is 0 Å². The molecule has 0 saturated carbocycles. The Hall–Kier alpha value is -3.47. The number of benzene rings is 3. The van der Waals surface area contributed by atoms with E-state index in [0.717, 1.165) is 16.7 Å². The number of halogens is 1. The summed E-state index contributed by atoms with van der Waals surface area (Å²) < 4.78 is 24.4. The molecule has 4 aromatic rings. The number of hydrogen-bond acceptors (Lipinski definition) is 4. The minimum absolute atomic E-state index is 0.284. The third-order valence-electron chi connectivity index (χ3n) is 4.74. The molecule has 5 heteroatoms. The van der Waals surface area contributed by atoms with Crippen LogP contribution in [0.2, 0.25) is 0 Å². The van der Waals surface area contributed by atoms with Crippen molar-refractivity contribution in [1.29, 1.82) is 0 Å². The van der Waals surface area contributed by atoms with Crippen molar-refractivity contribution in [2.45, 2.75) is 13.8 Å². The standard InChI is InChI=1S/C23H19FN2O2/c1-14-6-4-5-7-18(14)19-10-8-16(12-15(19)2)23-25-22(26-28-23)20-13-17(24)9-11-21(20)27-3/h4-13H,1-3H3. The maximum absolute atomic E-state index is 13.6. The molecule has 140 valence electrons. The average molecular weight is 374 g/mol. The molecular formula is C23H19FN2O2. The number of rotatable bonds is 4. The van der Waals surface area contributed by atoms with Crippen LogP contribution in [0.1, 0.15) is 11.1 Å². The lowest BCUT2D eigenvalue weighted by Crippen LogP contribution is -1.91. The lowest BCUT2D eigenvalue weighted by Gasteiger charge is -2.10. The summed E-state index contributed by atoms with van der Waals surface area (Å²) in [7, 11) is 1.52. The fourth-order valence-corrected chi connectivity index (χ4v) is 3.28. The van der Waals surface area contributed by atoms with Gasteiger partial charge in [0, 0.05) is 5.56 Å². The van der Waals surface area contributed by atoms with Gasteiger partial charge in [-0.15, -0.1) is 0 Å². The lowest BCUT2D eigenvalue weighted by atomic mass is 9.95. The van der Waals surface area contributed by atoms with E-state index in [0.29, 0.717) is 17.2 Å². The van der Waals surface area contributed by atoms with Crippen molar-refractivity contribution < 1.29 is 13.7 Å². The predicted octanol–water partition coefficient (Wildman–Crippen LogP) is 5.84. The van der Waals surface area contributed by atoms with Gasteiger partial charge in [0.2, 0.25) is 5.82 Å². The monoisotopic (exact) mass is 374 g/mol. The Kier molecular flexibility index (Phi) is 4.65. The van der Waals surface area contributed by atoms with Gasteiger partial charge in [-0.3, -0.25) is 0 Å². The number of aromatic nitrogens is 2. The number of hydrogen-bond donors (Lipinski definition) is 0. The SMILES string of the molecule is COc1ccc(F)cc1-c1noc(-c2ccc(-c3ccccc3C)c(C)c2)n1. The van der Waals surface area contributed by atoms with Crippen molar-refractivity contribution in [3.8, 4) is 39.7 Å². The molecule has 3 aromatic carbocycles. The first-order valence-corrected chi connectivity index (χ1v) is 8.91. The van der Waals surface area contributed by atoms with Gasteiger partial charge in [-0.25, -0.2) is 4.39 Å². The van der Waals surface area contributed by atoms with E-state index in [1.165, 1.54) is 30.4 Å². The van der Waals surface area contributed by atoms with Crippen LogP contribution in [-0.2, 0) is 0 Å². The molecule has 0 atom stereocenters. The van der Waals surface area contributed by atoms with E-state index in [1.807, 2.05) is 24.3 Å². The Balaban J connectivity index is 1.71. The summed E-state index contributed by atoms with van der Waals surface area (Å²) in [6.45, 7) is 4.15. The van der Waals surface area contributed by atoms with Crippen LogP contribution in [0.25, 0.3) is 34.0 Å². The molecule has 0 bridgehead atoms. The first kappa shape index (κ1) is 17.9. The van der Waals surface area contributed by atoms with Crippen molar-refractivity contribution >= 4 is 0 Å². The first-order valence-electron chi connectivity index (χ1n) is 8.91. The molecule has 0 aliphatic rings. The predicted molar refractivity (Wildman–Crippen MR) is 107 cm³/mol. The van der Waals surface area contributed by atoms with Gasteiger partial charge < -0.3 is 9.26 Å². The van der Waals surface area contributed by atoms with E-state index in [1.54, 1.807) is 6.07 Å². The van der Waals surface area contributed by atoms with Crippen LogP contribution in [0, 0.1) is 19.7 Å². The van der Waals surface area contributed by atoms with E-state index in [9.17, 15) is 4.39 Å². The molecule has 0 amide bonds. The molecule has 0 fully saturated rings. The summed E-state index contributed by atoms with van der Waals surface area (Å²) in [6, 6.07) is 18.5. The third kappa shape index (κ3) is 3.27. The zero-order valence-electron chi connectivity index (χ0n) is 15.9. The van der Waals surface area contributed by atoms with E-state index < -0.39 is 0 Å². The molecule has 28 heavy (non-hydrogen) atoms. The van der Waals surface area contributed by atoms with Crippen LogP contribution in [0.3, 0.4) is 0 Å². The molecule has 0 aliphatic heterocycles. The highest BCUT2D eigenvalue weighted by atomic mass is 19.1. The highest BCUT2D eigenvalue weighted by Crippen LogP contribution is 2.32. The fraction of sp³-hybridized carbons (Fsp3) is 0.130. The minimum Gasteiger partial charge on any atom is -0.496 e. The molecule has 0 N–H and O–H groups in total. The Morgan fingerprint density at radius 3 is 2.39 bits per heavy atom. The van der Waals surface area contributed by atoms with Crippen LogP contribution in [0.15, 0.2) is 65.2 Å². The lowest BCUT2D eigenvalue weighted by molar-refractivity contribution is 0.412. The normalized spacial score (nSPS) is 10.9. The maximum Gasteiger partial charge on any atom is 0.258 e. The highest BCUT2D eigenvalue weighted by Gasteiger charge is 2.16. The molecule has 1 heterocycles. The van der Waals surface area contributed by atoms with Gasteiger partial charge in [0.15, 0.2) is 0 Å². The number of ether oxygens (including phenoxy) is 1. The van der Waals surface area contributed by atoms with E-state index in [2.05, 4.69) is 42.2 Å². The fourth-order valence-electron chi connectivity index (χ4n) is 3.28. The van der Waals surface area contributed by atoms with Gasteiger partial charge in [0.25, 0.3) is 5.89 Å². The van der Waals surface area contributed by atoms with E-state index in [4.69, 9.17) is 9.26 Å². The zero-order valence-corrected chi connectivity index (χ0v) is 15.9. The average Bonchev–Trinajstić information content (AvgIpc) is 3.19. The van der Waals surface area contributed by atoms with Crippen LogP contribution >= 0.6 is 0 Å². The van der Waals surface area contributed by atoms with Crippen molar-refractivity contribution in [1.82, 2.24) is 10.1 Å². The molecule has 0 spiro atoms. The van der Waals surface area contributed by atoms with Crippen LogP contribution < -0.4 is 4.74 Å². The topological polar surface area (TPSA) is 48.2 Å². The molecule has 0 unspecified atom stereocenters. The second kappa shape index (κ2) is 7.27. The Morgan fingerprint density at radius 1 is 0.857 bits per heavy atom. The van der Waals surface area contributed by atoms with E-state index in [-0.39, 0.29) is 11.6 Å². The number of methoxy groups -OCH3 is 1. The molecule has 0 aliphatic carbocycles. The summed E-state index contributed by atoms with van der Waals surface area (Å²) in [6.07, 6.45) is 0. The zero-order chi connectivity index (χ0) is 19.7. The second-order valence-electron chi connectivity index (χ2n) is 6.61. The van der Waals surface area contributed by atoms with Gasteiger partial charge in [-0.05, 0) is 66.4 Å². The summed E-state index contributed by atoms with van der Waals surface area (Å²) in [5.41, 5.74) is 5.94. The molecule has 4 nitrogen and oxygen atoms in total. The van der Waals surface area contributed by atoms with Crippen LogP contribution in [-0.4, -0.2) is 17.3 Å². The number of nitrogens with zero attached hydrogens (tertiary/aromatic N) is 2. The van der Waals surface area contributed by atoms with Crippen molar-refractivity contribution in [2.75, 3.05) is 7.11 Å². The maximum atomic E-state index is 13.6. The number of aryl methyl sites for hydroxylation is 2. The summed E-state index contributed by atoms with van der Waals surface area (Å²) in [4.78, 5) is 4.44. The van der Waals surface area contributed by atoms with Gasteiger partial charge in [0.05, 0.1) is 12.7 Å². The second-order valence-corrected chi connectivity index (χ2v) is 6.61. The third-order valence-corrected chi connectivity index (χ3v) is 4.74. The molecule has 4 rings (SSSR count). The quantitative estimate of drug-likeness (QED) is 0.450. The van der Waals surface area contributed by atoms with Gasteiger partial charge >= 0.3 is 0 Å². The molecule has 0 radical (unpaired) electrons. The van der Waals surface area contributed by atoms with Gasteiger partial charge in [0.1, 0.15) is 11.6 Å². The van der Waals surface area contributed by atoms with Crippen molar-refractivity contribution in [3.63, 3.8) is 0 Å². The molecule has 1 aromatic heterocycles. The van der Waals surface area contributed by atoms with Crippen LogP contribution in [0.5, 0.6) is 5.75 Å². The van der Waals surface area contributed by atoms with Crippen LogP contribution in [0.4, 0.5) is 4.39 Å². The molecular weight excluding hydrogens is 355 g/mol. The smallest absolute Gasteiger partial charge is 0.258 e. The van der Waals surface area contributed by atoms with Crippen molar-refractivity contribution in [3.05, 3.63) is 77.6 Å². The van der Waals surface area contributed by atoms with Gasteiger partial charge in [-0.1, -0.05) is 35.5 Å². The van der Waals surface area contributed by atoms with Gasteiger partial charge in [-0.2, -0.15) is 4.98 Å². The summed E-state index contributed by atoms with van der Waals surface area (Å²) in [5, 5.41) is 4.00. The Morgan fingerprint density at radius 2 is 1.64 bits per heavy atom. The molecule has 0 saturated heterocycles.